The van der Waals surface area contributed by atoms with Crippen molar-refractivity contribution in [3.05, 3.63) is 144 Å². The summed E-state index contributed by atoms with van der Waals surface area (Å²) in [5, 5.41) is 7.22. The number of hydrazone groups is 1. The molecule has 0 unspecified atom stereocenters. The van der Waals surface area contributed by atoms with Gasteiger partial charge in [0.2, 0.25) is 5.66 Å². The number of amidine groups is 1. The van der Waals surface area contributed by atoms with Crippen molar-refractivity contribution in [3.63, 3.8) is 0 Å². The number of esters is 2. The maximum absolute atomic E-state index is 14.6. The molecule has 2 aliphatic rings. The van der Waals surface area contributed by atoms with E-state index in [0.29, 0.717) is 46.3 Å². The lowest BCUT2D eigenvalue weighted by Gasteiger charge is -2.45. The fourth-order valence-electron chi connectivity index (χ4n) is 6.71. The molecule has 0 radical (unpaired) electrons. The van der Waals surface area contributed by atoms with Crippen LogP contribution in [-0.2, 0) is 19.1 Å². The molecule has 4 aromatic rings. The van der Waals surface area contributed by atoms with Gasteiger partial charge in [0.15, 0.2) is 5.84 Å². The molecule has 244 valence electrons. The Balaban J connectivity index is 1.83. The molecule has 1 spiro atoms. The molecule has 4 aromatic carbocycles. The van der Waals surface area contributed by atoms with E-state index in [9.17, 15) is 9.59 Å². The Kier molecular flexibility index (Phi) is 9.03. The molecular weight excluding hydrogens is 604 g/mol. The number of rotatable bonds is 8. The highest BCUT2D eigenvalue weighted by molar-refractivity contribution is 6.16. The van der Waals surface area contributed by atoms with E-state index in [4.69, 9.17) is 19.3 Å². The van der Waals surface area contributed by atoms with Crippen LogP contribution in [0.4, 0.5) is 17.1 Å². The van der Waals surface area contributed by atoms with E-state index in [2.05, 4.69) is 4.90 Å². The van der Waals surface area contributed by atoms with E-state index >= 15 is 0 Å². The van der Waals surface area contributed by atoms with E-state index in [1.807, 2.05) is 138 Å². The number of hydrogen-bond donors (Lipinski definition) is 0. The predicted molar refractivity (Wildman–Crippen MR) is 188 cm³/mol. The number of benzene rings is 4. The second kappa shape index (κ2) is 13.5. The van der Waals surface area contributed by atoms with E-state index in [1.165, 1.54) is 14.2 Å². The smallest absolute Gasteiger partial charge is 0.335 e. The largest absolute Gasteiger partial charge is 0.497 e. The third-order valence-electron chi connectivity index (χ3n) is 8.67. The van der Waals surface area contributed by atoms with Crippen molar-refractivity contribution in [2.75, 3.05) is 36.1 Å². The van der Waals surface area contributed by atoms with Crippen molar-refractivity contribution < 1.29 is 23.8 Å². The van der Waals surface area contributed by atoms with Crippen molar-refractivity contribution in [3.8, 4) is 5.75 Å². The lowest BCUT2D eigenvalue weighted by atomic mass is 9.85. The van der Waals surface area contributed by atoms with Gasteiger partial charge in [0.25, 0.3) is 0 Å². The lowest BCUT2D eigenvalue weighted by molar-refractivity contribution is -0.145. The van der Waals surface area contributed by atoms with Crippen molar-refractivity contribution in [1.82, 2.24) is 0 Å². The molecule has 6 rings (SSSR count). The zero-order valence-electron chi connectivity index (χ0n) is 27.7. The van der Waals surface area contributed by atoms with Gasteiger partial charge in [0, 0.05) is 22.6 Å². The van der Waals surface area contributed by atoms with Crippen molar-refractivity contribution >= 4 is 34.8 Å². The van der Waals surface area contributed by atoms with Gasteiger partial charge < -0.3 is 19.1 Å². The Bertz CT molecular complexity index is 1870. The number of carbonyl (C=O) groups excluding carboxylic acids is 2. The van der Waals surface area contributed by atoms with Gasteiger partial charge in [-0.15, -0.1) is 0 Å². The number of para-hydroxylation sites is 2. The number of nitrogens with zero attached hydrogens (tertiary/aromatic N) is 4. The van der Waals surface area contributed by atoms with Crippen LogP contribution in [-0.4, -0.2) is 44.8 Å². The zero-order chi connectivity index (χ0) is 33.8. The first-order chi connectivity index (χ1) is 23.4. The topological polar surface area (TPSA) is 83.9 Å². The van der Waals surface area contributed by atoms with Crippen LogP contribution in [0.5, 0.6) is 5.75 Å². The van der Waals surface area contributed by atoms with E-state index < -0.39 is 23.5 Å². The Morgan fingerprint density at radius 1 is 0.771 bits per heavy atom. The summed E-state index contributed by atoms with van der Waals surface area (Å²) in [7, 11) is 4.36. The molecule has 1 fully saturated rings. The van der Waals surface area contributed by atoms with Crippen molar-refractivity contribution in [2.45, 2.75) is 25.9 Å². The molecule has 0 bridgehead atoms. The molecule has 0 amide bonds. The normalized spacial score (nSPS) is 20.6. The molecule has 2 aliphatic heterocycles. The minimum Gasteiger partial charge on any atom is -0.497 e. The van der Waals surface area contributed by atoms with Gasteiger partial charge in [0.05, 0.1) is 38.3 Å². The Morgan fingerprint density at radius 3 is 1.90 bits per heavy atom. The van der Waals surface area contributed by atoms with Crippen LogP contribution in [0.3, 0.4) is 0 Å². The zero-order valence-corrected chi connectivity index (χ0v) is 27.7. The molecule has 0 aliphatic carbocycles. The molecule has 0 N–H and O–H groups in total. The summed E-state index contributed by atoms with van der Waals surface area (Å²) in [5.41, 5.74) is 2.94. The van der Waals surface area contributed by atoms with Gasteiger partial charge >= 0.3 is 11.9 Å². The van der Waals surface area contributed by atoms with Gasteiger partial charge in [-0.1, -0.05) is 79.7 Å². The SMILES string of the molecule is CC/C=C1\[C@H](C(=O)OC)[C@]2(/C(=C(/C)C(=O)OC)N1c1ccc(OC)cc1)N(c1ccccc1)N=C(c1ccccc1)N2c1ccccc1. The molecular formula is C39H38N4O5. The van der Waals surface area contributed by atoms with Crippen LogP contribution in [0.25, 0.3) is 0 Å². The minimum absolute atomic E-state index is 0.299. The fourth-order valence-corrected chi connectivity index (χ4v) is 6.71. The second-order valence-corrected chi connectivity index (χ2v) is 11.3. The monoisotopic (exact) mass is 642 g/mol. The third-order valence-corrected chi connectivity index (χ3v) is 8.67. The molecule has 9 nitrogen and oxygen atoms in total. The molecule has 1 saturated heterocycles. The van der Waals surface area contributed by atoms with Crippen LogP contribution >= 0.6 is 0 Å². The summed E-state index contributed by atoms with van der Waals surface area (Å²) in [6, 6.07) is 36.8. The highest BCUT2D eigenvalue weighted by atomic mass is 16.5. The molecule has 9 heteroatoms. The average molecular weight is 643 g/mol. The van der Waals surface area contributed by atoms with Gasteiger partial charge in [-0.05, 0) is 61.9 Å². The molecule has 0 aromatic heterocycles. The average Bonchev–Trinajstić information content (AvgIpc) is 3.64. The number of allylic oxidation sites excluding steroid dienone is 1. The van der Waals surface area contributed by atoms with Gasteiger partial charge in [-0.3, -0.25) is 9.69 Å². The first-order valence-corrected chi connectivity index (χ1v) is 15.8. The third kappa shape index (κ3) is 5.17. The number of hydrogen-bond acceptors (Lipinski definition) is 9. The van der Waals surface area contributed by atoms with Crippen LogP contribution < -0.4 is 19.5 Å². The van der Waals surface area contributed by atoms with Crippen LogP contribution in [0.1, 0.15) is 25.8 Å². The first-order valence-electron chi connectivity index (χ1n) is 15.8. The molecule has 48 heavy (non-hydrogen) atoms. The van der Waals surface area contributed by atoms with Crippen molar-refractivity contribution in [2.24, 2.45) is 11.0 Å². The van der Waals surface area contributed by atoms with Crippen LogP contribution in [0.2, 0.25) is 0 Å². The number of methoxy groups -OCH3 is 3. The van der Waals surface area contributed by atoms with Gasteiger partial charge in [-0.25, -0.2) is 9.80 Å². The van der Waals surface area contributed by atoms with E-state index in [0.717, 1.165) is 11.3 Å². The van der Waals surface area contributed by atoms with Gasteiger partial charge in [-0.2, -0.15) is 5.10 Å². The summed E-state index contributed by atoms with van der Waals surface area (Å²) in [5.74, 6) is -0.793. The summed E-state index contributed by atoms with van der Waals surface area (Å²) < 4.78 is 16.6. The summed E-state index contributed by atoms with van der Waals surface area (Å²) in [6.07, 6.45) is 2.61. The van der Waals surface area contributed by atoms with Crippen LogP contribution in [0, 0.1) is 5.92 Å². The number of carbonyl (C=O) groups is 2. The summed E-state index contributed by atoms with van der Waals surface area (Å²) >= 11 is 0. The Labute approximate surface area is 280 Å². The first kappa shape index (κ1) is 32.1. The van der Waals surface area contributed by atoms with Crippen molar-refractivity contribution in [1.29, 1.82) is 0 Å². The maximum Gasteiger partial charge on any atom is 0.335 e. The Hall–Kier alpha value is -5.83. The predicted octanol–water partition coefficient (Wildman–Crippen LogP) is 7.13. The lowest BCUT2D eigenvalue weighted by Crippen LogP contribution is -2.63. The van der Waals surface area contributed by atoms with E-state index in [1.54, 1.807) is 14.0 Å². The summed E-state index contributed by atoms with van der Waals surface area (Å²) in [4.78, 5) is 32.5. The maximum atomic E-state index is 14.6. The highest BCUT2D eigenvalue weighted by Crippen LogP contribution is 2.58. The molecule has 2 atom stereocenters. The number of anilines is 3. The van der Waals surface area contributed by atoms with E-state index in [-0.39, 0.29) is 0 Å². The minimum atomic E-state index is -1.50. The van der Waals surface area contributed by atoms with Gasteiger partial charge in [0.1, 0.15) is 11.7 Å². The Morgan fingerprint density at radius 2 is 1.35 bits per heavy atom. The highest BCUT2D eigenvalue weighted by Gasteiger charge is 2.69. The molecule has 2 heterocycles. The standard InChI is InChI=1S/C39H38N4O5/c1-6-16-33-34(38(45)48-5)39(35(27(2)37(44)47-4)41(33)29-23-25-32(46-3)26-24-29)42(30-19-12-8-13-20-30)36(28-17-10-7-11-18-28)40-43(39)31-21-14-9-15-22-31/h7-26,34H,6H2,1-5H3/b33-16+,35-27+/t34-,39-/m1/s1. The number of ether oxygens (including phenoxy) is 3. The second-order valence-electron chi connectivity index (χ2n) is 11.3. The summed E-state index contributed by atoms with van der Waals surface area (Å²) in [6.45, 7) is 3.75. The molecule has 0 saturated carbocycles. The fraction of sp³-hybridized carbons (Fsp3) is 0.205. The van der Waals surface area contributed by atoms with Crippen LogP contribution in [0.15, 0.2) is 143 Å². The quantitative estimate of drug-likeness (QED) is 0.148.